The predicted molar refractivity (Wildman–Crippen MR) is 92.0 cm³/mol. The normalized spacial score (nSPS) is 12.7. The summed E-state index contributed by atoms with van der Waals surface area (Å²) >= 11 is 0. The fraction of sp³-hybridized carbons (Fsp3) is 1.00. The monoisotopic (exact) mass is 301 g/mol. The maximum Gasteiger partial charge on any atom is 0.0701 e. The summed E-state index contributed by atoms with van der Waals surface area (Å²) in [5.74, 6) is 0. The Morgan fingerprint density at radius 2 is 1.38 bits per heavy atom. The summed E-state index contributed by atoms with van der Waals surface area (Å²) in [5.41, 5.74) is 0. The maximum atomic E-state index is 5.58. The molecule has 0 aliphatic rings. The minimum absolute atomic E-state index is 0.496. The van der Waals surface area contributed by atoms with Crippen LogP contribution in [0.1, 0.15) is 77.6 Å². The van der Waals surface area contributed by atoms with E-state index < -0.39 is 0 Å². The van der Waals surface area contributed by atoms with E-state index in [0.717, 1.165) is 6.61 Å². The van der Waals surface area contributed by atoms with Crippen LogP contribution < -0.4 is 5.32 Å². The first kappa shape index (κ1) is 20.9. The van der Waals surface area contributed by atoms with Gasteiger partial charge in [0, 0.05) is 13.2 Å². The molecule has 1 N–H and O–H groups in total. The Morgan fingerprint density at radius 1 is 0.810 bits per heavy atom. The largest absolute Gasteiger partial charge is 0.382 e. The van der Waals surface area contributed by atoms with Crippen LogP contribution in [0, 0.1) is 0 Å². The fourth-order valence-corrected chi connectivity index (χ4v) is 2.56. The fourth-order valence-electron chi connectivity index (χ4n) is 2.56. The lowest BCUT2D eigenvalue weighted by molar-refractivity contribution is 0.0582. The zero-order chi connectivity index (χ0) is 15.6. The molecule has 0 aliphatic heterocycles. The molecule has 0 radical (unpaired) electrons. The standard InChI is InChI=1S/C18H39NO2/c1-4-5-6-7-8-9-10-11-12-13-14-18(19-2)17-21-16-15-20-3/h18-19H,4-17H2,1-3H3. The third-order valence-electron chi connectivity index (χ3n) is 4.07. The van der Waals surface area contributed by atoms with Crippen LogP contribution in [0.2, 0.25) is 0 Å². The van der Waals surface area contributed by atoms with E-state index in [1.165, 1.54) is 70.6 Å². The van der Waals surface area contributed by atoms with Crippen LogP contribution in [0.3, 0.4) is 0 Å². The van der Waals surface area contributed by atoms with Crippen molar-refractivity contribution in [3.63, 3.8) is 0 Å². The molecule has 0 amide bonds. The van der Waals surface area contributed by atoms with Crippen molar-refractivity contribution in [3.05, 3.63) is 0 Å². The van der Waals surface area contributed by atoms with Crippen molar-refractivity contribution in [1.82, 2.24) is 5.32 Å². The van der Waals surface area contributed by atoms with Gasteiger partial charge in [0.25, 0.3) is 0 Å². The molecule has 0 saturated heterocycles. The molecule has 0 rings (SSSR count). The van der Waals surface area contributed by atoms with E-state index in [4.69, 9.17) is 9.47 Å². The van der Waals surface area contributed by atoms with Gasteiger partial charge in [0.15, 0.2) is 0 Å². The summed E-state index contributed by atoms with van der Waals surface area (Å²) in [7, 11) is 3.74. The SMILES string of the molecule is CCCCCCCCCCCCC(COCCOC)NC. The summed E-state index contributed by atoms with van der Waals surface area (Å²) < 4.78 is 10.6. The molecule has 0 bridgehead atoms. The molecule has 0 aliphatic carbocycles. The van der Waals surface area contributed by atoms with Crippen molar-refractivity contribution in [2.75, 3.05) is 34.0 Å². The summed E-state index contributed by atoms with van der Waals surface area (Å²) in [6.45, 7) is 4.47. The Morgan fingerprint density at radius 3 is 1.90 bits per heavy atom. The molecule has 3 heteroatoms. The van der Waals surface area contributed by atoms with Crippen molar-refractivity contribution in [2.45, 2.75) is 83.6 Å². The van der Waals surface area contributed by atoms with Crippen molar-refractivity contribution in [3.8, 4) is 0 Å². The molecule has 21 heavy (non-hydrogen) atoms. The second-order valence-corrected chi connectivity index (χ2v) is 6.02. The Balaban J connectivity index is 3.23. The van der Waals surface area contributed by atoms with Crippen molar-refractivity contribution in [2.24, 2.45) is 0 Å². The number of methoxy groups -OCH3 is 1. The number of unbranched alkanes of at least 4 members (excludes halogenated alkanes) is 9. The van der Waals surface area contributed by atoms with Gasteiger partial charge in [-0.3, -0.25) is 0 Å². The van der Waals surface area contributed by atoms with Gasteiger partial charge in [0.2, 0.25) is 0 Å². The first-order valence-corrected chi connectivity index (χ1v) is 9.09. The van der Waals surface area contributed by atoms with Crippen LogP contribution >= 0.6 is 0 Å². The van der Waals surface area contributed by atoms with Gasteiger partial charge in [-0.15, -0.1) is 0 Å². The van der Waals surface area contributed by atoms with Crippen LogP contribution in [0.25, 0.3) is 0 Å². The molecule has 1 unspecified atom stereocenters. The van der Waals surface area contributed by atoms with Gasteiger partial charge >= 0.3 is 0 Å². The van der Waals surface area contributed by atoms with E-state index in [-0.39, 0.29) is 0 Å². The number of hydrogen-bond donors (Lipinski definition) is 1. The third-order valence-corrected chi connectivity index (χ3v) is 4.07. The second-order valence-electron chi connectivity index (χ2n) is 6.02. The van der Waals surface area contributed by atoms with E-state index in [1.54, 1.807) is 7.11 Å². The minimum Gasteiger partial charge on any atom is -0.382 e. The van der Waals surface area contributed by atoms with Gasteiger partial charge in [0.05, 0.1) is 19.8 Å². The minimum atomic E-state index is 0.496. The highest BCUT2D eigenvalue weighted by Gasteiger charge is 2.05. The molecule has 0 aromatic heterocycles. The van der Waals surface area contributed by atoms with Crippen LogP contribution in [0.4, 0.5) is 0 Å². The lowest BCUT2D eigenvalue weighted by Crippen LogP contribution is -2.30. The van der Waals surface area contributed by atoms with Gasteiger partial charge in [-0.1, -0.05) is 71.1 Å². The van der Waals surface area contributed by atoms with E-state index in [1.807, 2.05) is 7.05 Å². The van der Waals surface area contributed by atoms with Crippen LogP contribution in [-0.2, 0) is 9.47 Å². The first-order chi connectivity index (χ1) is 10.3. The number of ether oxygens (including phenoxy) is 2. The third kappa shape index (κ3) is 16.1. The highest BCUT2D eigenvalue weighted by atomic mass is 16.5. The average Bonchev–Trinajstić information content (AvgIpc) is 2.51. The average molecular weight is 302 g/mol. The van der Waals surface area contributed by atoms with Crippen LogP contribution in [0.15, 0.2) is 0 Å². The Kier molecular flexibility index (Phi) is 17.8. The molecule has 0 spiro atoms. The van der Waals surface area contributed by atoms with Gasteiger partial charge in [0.1, 0.15) is 0 Å². The molecule has 0 aromatic carbocycles. The summed E-state index contributed by atoms with van der Waals surface area (Å²) in [6.07, 6.45) is 15.2. The predicted octanol–water partition coefficient (Wildman–Crippen LogP) is 4.55. The molecule has 0 fully saturated rings. The van der Waals surface area contributed by atoms with E-state index in [9.17, 15) is 0 Å². The Hall–Kier alpha value is -0.120. The molecule has 128 valence electrons. The maximum absolute atomic E-state index is 5.58. The van der Waals surface area contributed by atoms with Gasteiger partial charge in [-0.2, -0.15) is 0 Å². The van der Waals surface area contributed by atoms with Crippen molar-refractivity contribution < 1.29 is 9.47 Å². The summed E-state index contributed by atoms with van der Waals surface area (Å²) in [4.78, 5) is 0. The number of likely N-dealkylation sites (N-methyl/N-ethyl adjacent to an activating group) is 1. The topological polar surface area (TPSA) is 30.5 Å². The molecular formula is C18H39NO2. The summed E-state index contributed by atoms with van der Waals surface area (Å²) in [6, 6.07) is 0.496. The second kappa shape index (κ2) is 17.9. The lowest BCUT2D eigenvalue weighted by atomic mass is 10.0. The molecule has 1 atom stereocenters. The molecule has 0 saturated carbocycles. The molecular weight excluding hydrogens is 262 g/mol. The van der Waals surface area contributed by atoms with Crippen molar-refractivity contribution in [1.29, 1.82) is 0 Å². The number of rotatable bonds is 17. The zero-order valence-electron chi connectivity index (χ0n) is 14.8. The van der Waals surface area contributed by atoms with E-state index in [0.29, 0.717) is 19.3 Å². The van der Waals surface area contributed by atoms with Gasteiger partial charge < -0.3 is 14.8 Å². The Labute approximate surface area is 133 Å². The lowest BCUT2D eigenvalue weighted by Gasteiger charge is -2.16. The van der Waals surface area contributed by atoms with Crippen LogP contribution in [0.5, 0.6) is 0 Å². The van der Waals surface area contributed by atoms with E-state index in [2.05, 4.69) is 12.2 Å². The van der Waals surface area contributed by atoms with Gasteiger partial charge in [-0.05, 0) is 13.5 Å². The molecule has 0 heterocycles. The quantitative estimate of drug-likeness (QED) is 0.400. The number of nitrogens with one attached hydrogen (secondary N) is 1. The molecule has 3 nitrogen and oxygen atoms in total. The highest BCUT2D eigenvalue weighted by molar-refractivity contribution is 4.63. The first-order valence-electron chi connectivity index (χ1n) is 9.09. The van der Waals surface area contributed by atoms with E-state index >= 15 is 0 Å². The summed E-state index contributed by atoms with van der Waals surface area (Å²) in [5, 5.41) is 3.34. The van der Waals surface area contributed by atoms with Crippen LogP contribution in [-0.4, -0.2) is 40.0 Å². The smallest absolute Gasteiger partial charge is 0.0701 e. The number of hydrogen-bond acceptors (Lipinski definition) is 3. The molecule has 0 aromatic rings. The van der Waals surface area contributed by atoms with Crippen molar-refractivity contribution >= 4 is 0 Å². The highest BCUT2D eigenvalue weighted by Crippen LogP contribution is 2.12. The Bertz CT molecular complexity index is 188. The zero-order valence-corrected chi connectivity index (χ0v) is 14.8. The van der Waals surface area contributed by atoms with Gasteiger partial charge in [-0.25, -0.2) is 0 Å².